The maximum Gasteiger partial charge on any atom is 1.00 e. The maximum atomic E-state index is 10.1. The van der Waals surface area contributed by atoms with E-state index in [-0.39, 0.29) is 95.3 Å². The van der Waals surface area contributed by atoms with Gasteiger partial charge in [0.15, 0.2) is 0 Å². The van der Waals surface area contributed by atoms with Gasteiger partial charge in [-0.2, -0.15) is 0 Å². The van der Waals surface area contributed by atoms with E-state index >= 15 is 0 Å². The minimum atomic E-state index is -4.74. The van der Waals surface area contributed by atoms with Crippen LogP contribution >= 0.6 is 7.82 Å². The molecule has 0 heterocycles. The van der Waals surface area contributed by atoms with Gasteiger partial charge in [0, 0.05) is 0 Å². The molecule has 0 rings (SSSR count). The van der Waals surface area contributed by atoms with Crippen LogP contribution in [0.3, 0.4) is 0 Å². The van der Waals surface area contributed by atoms with Crippen LogP contribution in [0.15, 0.2) is 0 Å². The summed E-state index contributed by atoms with van der Waals surface area (Å²) in [6, 6.07) is 0. The van der Waals surface area contributed by atoms with Crippen molar-refractivity contribution in [3.8, 4) is 0 Å². The predicted molar refractivity (Wildman–Crippen MR) is 65.4 cm³/mol. The van der Waals surface area contributed by atoms with Crippen LogP contribution in [0.2, 0.25) is 0 Å². The molecule has 0 saturated carbocycles. The van der Waals surface area contributed by atoms with E-state index in [4.69, 9.17) is 0 Å². The van der Waals surface area contributed by atoms with Gasteiger partial charge in [0.25, 0.3) is 0 Å². The van der Waals surface area contributed by atoms with Crippen LogP contribution in [0.1, 0.15) is 71.1 Å². The zero-order chi connectivity index (χ0) is 13.0. The minimum absolute atomic E-state index is 0. The number of hydrogen-bond donors (Lipinski definition) is 0. The first-order chi connectivity index (χ1) is 8.06. The van der Waals surface area contributed by atoms with Crippen molar-refractivity contribution < 1.29 is 108 Å². The second kappa shape index (κ2) is 22.1. The molecule has 0 amide bonds. The van der Waals surface area contributed by atoms with E-state index < -0.39 is 7.82 Å². The molecule has 0 aliphatic rings. The zero-order valence-corrected chi connectivity index (χ0v) is 20.8. The van der Waals surface area contributed by atoms with Gasteiger partial charge in [-0.05, 0) is 6.42 Å². The Labute approximate surface area is 190 Å². The molecule has 0 aliphatic heterocycles. The van der Waals surface area contributed by atoms with E-state index in [1.807, 2.05) is 0 Å². The largest absolute Gasteiger partial charge is 1.00 e. The smallest absolute Gasteiger partial charge is 0.790 e. The molecule has 0 aromatic heterocycles. The van der Waals surface area contributed by atoms with Gasteiger partial charge in [-0.1, -0.05) is 64.7 Å². The van der Waals surface area contributed by atoms with E-state index in [1.54, 1.807) is 0 Å². The van der Waals surface area contributed by atoms with Crippen molar-refractivity contribution >= 4 is 7.82 Å². The molecule has 0 fully saturated rings. The van der Waals surface area contributed by atoms with Crippen LogP contribution in [-0.2, 0) is 9.09 Å². The summed E-state index contributed by atoms with van der Waals surface area (Å²) in [5.74, 6) is 0. The van der Waals surface area contributed by atoms with Crippen LogP contribution in [0.5, 0.6) is 0 Å². The Balaban J connectivity index is -0.000000427. The van der Waals surface area contributed by atoms with Crippen molar-refractivity contribution in [1.82, 2.24) is 0 Å². The Morgan fingerprint density at radius 1 is 0.750 bits per heavy atom. The van der Waals surface area contributed by atoms with Gasteiger partial charge in [0.05, 0.1) is 14.4 Å². The molecule has 0 unspecified atom stereocenters. The monoisotopic (exact) mass is 333 g/mol. The molecule has 0 atom stereocenters. The van der Waals surface area contributed by atoms with Gasteiger partial charge < -0.3 is 18.9 Å². The van der Waals surface area contributed by atoms with E-state index in [1.165, 1.54) is 44.9 Å². The first-order valence-corrected chi connectivity index (χ1v) is 8.19. The van der Waals surface area contributed by atoms with Crippen molar-refractivity contribution in [3.05, 3.63) is 0 Å². The van der Waals surface area contributed by atoms with E-state index in [9.17, 15) is 14.4 Å². The fourth-order valence-electron chi connectivity index (χ4n) is 1.77. The van der Waals surface area contributed by atoms with Gasteiger partial charge >= 0.3 is 88.7 Å². The van der Waals surface area contributed by atoms with E-state index in [0.717, 1.165) is 12.8 Å². The Kier molecular flexibility index (Phi) is 34.2. The fourth-order valence-corrected chi connectivity index (χ4v) is 2.12. The second-order valence-corrected chi connectivity index (χ2v) is 5.62. The summed E-state index contributed by atoms with van der Waals surface area (Å²) < 4.78 is 14.3. The van der Waals surface area contributed by atoms with E-state index in [2.05, 4.69) is 11.4 Å². The Morgan fingerprint density at radius 3 is 1.45 bits per heavy atom. The quantitative estimate of drug-likeness (QED) is 0.202. The number of phosphoric ester groups is 1. The molecule has 0 N–H and O–H groups in total. The molecule has 104 valence electrons. The van der Waals surface area contributed by atoms with Crippen molar-refractivity contribution in [2.45, 2.75) is 71.1 Å². The first kappa shape index (κ1) is 30.9. The summed E-state index contributed by atoms with van der Waals surface area (Å²) in [5, 5.41) is 0. The van der Waals surface area contributed by atoms with Gasteiger partial charge in [0.2, 0.25) is 0 Å². The van der Waals surface area contributed by atoms with Crippen LogP contribution in [-0.4, -0.2) is 6.61 Å². The normalized spacial score (nSPS) is 10.2. The van der Waals surface area contributed by atoms with Crippen LogP contribution < -0.4 is 98.5 Å². The molecular formula is C12H25Na3O4P+. The summed E-state index contributed by atoms with van der Waals surface area (Å²) in [6.07, 6.45) is 11.7. The molecule has 0 saturated heterocycles. The maximum absolute atomic E-state index is 10.1. The summed E-state index contributed by atoms with van der Waals surface area (Å²) in [6.45, 7) is 2.26. The molecule has 8 heteroatoms. The van der Waals surface area contributed by atoms with Gasteiger partial charge in [0.1, 0.15) is 0 Å². The van der Waals surface area contributed by atoms with Crippen molar-refractivity contribution in [3.63, 3.8) is 0 Å². The number of rotatable bonds is 12. The standard InChI is InChI=1S/C12H27O4P.3Na/c1-2-3-4-5-6-7-8-9-10-11-12-16-17(13,14)15;;;/h2-12H2,1H3,(H2,13,14,15);;;/q;3*+1/p-2. The minimum Gasteiger partial charge on any atom is -0.790 e. The van der Waals surface area contributed by atoms with Crippen LogP contribution in [0, 0.1) is 0 Å². The zero-order valence-electron chi connectivity index (χ0n) is 13.9. The van der Waals surface area contributed by atoms with Gasteiger partial charge in [-0.3, -0.25) is 0 Å². The van der Waals surface area contributed by atoms with Gasteiger partial charge in [-0.15, -0.1) is 0 Å². The van der Waals surface area contributed by atoms with Crippen molar-refractivity contribution in [1.29, 1.82) is 0 Å². The van der Waals surface area contributed by atoms with Crippen LogP contribution in [0.4, 0.5) is 0 Å². The molecule has 0 aromatic rings. The van der Waals surface area contributed by atoms with Crippen molar-refractivity contribution in [2.75, 3.05) is 6.61 Å². The Morgan fingerprint density at radius 2 is 1.10 bits per heavy atom. The third kappa shape index (κ3) is 29.2. The SMILES string of the molecule is CCCCCCCCCCCCOP(=O)([O-])[O-].[Na+].[Na+].[Na+]. The number of hydrogen-bond acceptors (Lipinski definition) is 4. The summed E-state index contributed by atoms with van der Waals surface area (Å²) in [5.41, 5.74) is 0. The molecule has 0 aliphatic carbocycles. The van der Waals surface area contributed by atoms with Gasteiger partial charge in [-0.25, -0.2) is 0 Å². The molecule has 4 nitrogen and oxygen atoms in total. The molecule has 0 spiro atoms. The topological polar surface area (TPSA) is 72.4 Å². The summed E-state index contributed by atoms with van der Waals surface area (Å²) in [7, 11) is -4.74. The first-order valence-electron chi connectivity index (χ1n) is 6.73. The third-order valence-electron chi connectivity index (χ3n) is 2.75. The Hall–Kier alpha value is 3.11. The third-order valence-corrected chi connectivity index (χ3v) is 3.25. The second-order valence-electron chi connectivity index (χ2n) is 4.46. The number of unbranched alkanes of at least 4 members (excludes halogenated alkanes) is 9. The molecule has 0 radical (unpaired) electrons. The molecule has 0 bridgehead atoms. The average Bonchev–Trinajstić information content (AvgIpc) is 2.24. The average molecular weight is 333 g/mol. The molecule has 20 heavy (non-hydrogen) atoms. The van der Waals surface area contributed by atoms with E-state index in [0.29, 0.717) is 6.42 Å². The van der Waals surface area contributed by atoms with Crippen molar-refractivity contribution in [2.24, 2.45) is 0 Å². The predicted octanol–water partition coefficient (Wildman–Crippen LogP) is -6.24. The summed E-state index contributed by atoms with van der Waals surface area (Å²) >= 11 is 0. The van der Waals surface area contributed by atoms with Crippen LogP contribution in [0.25, 0.3) is 0 Å². The molecule has 0 aromatic carbocycles. The Bertz CT molecular complexity index is 215. The fraction of sp³-hybridized carbons (Fsp3) is 1.00. The number of phosphoric acid groups is 1. The molecular weight excluding hydrogens is 308 g/mol. The summed E-state index contributed by atoms with van der Waals surface area (Å²) in [4.78, 5) is 20.3.